The third-order valence-corrected chi connectivity index (χ3v) is 9.08. The summed E-state index contributed by atoms with van der Waals surface area (Å²) < 4.78 is 2.85. The predicted octanol–water partition coefficient (Wildman–Crippen LogP) is -1.89. The first kappa shape index (κ1) is 16.5. The molecule has 0 amide bonds. The summed E-state index contributed by atoms with van der Waals surface area (Å²) in [5.41, 5.74) is 0. The van der Waals surface area contributed by atoms with E-state index in [1.165, 1.54) is 12.8 Å². The van der Waals surface area contributed by atoms with Crippen molar-refractivity contribution in [1.29, 1.82) is 0 Å². The van der Waals surface area contributed by atoms with Crippen molar-refractivity contribution in [2.45, 2.75) is 23.4 Å². The topological polar surface area (TPSA) is 0 Å². The van der Waals surface area contributed by atoms with Gasteiger partial charge in [-0.05, 0) is 0 Å². The fourth-order valence-electron chi connectivity index (χ4n) is 3.25. The SMILES string of the molecule is CC1CC2C=CC=CC2[CH]1[Zr+2][C]1=CC=CC1.[Cl-].[Cl-]. The first-order valence-electron chi connectivity index (χ1n) is 6.32. The smallest absolute Gasteiger partial charge is 1.00 e. The minimum atomic E-state index is -0.338. The third kappa shape index (κ3) is 3.30. The minimum Gasteiger partial charge on any atom is -1.00 e. The van der Waals surface area contributed by atoms with Gasteiger partial charge in [-0.3, -0.25) is 0 Å². The summed E-state index contributed by atoms with van der Waals surface area (Å²) in [4.78, 5) is 0. The molecule has 3 heteroatoms. The van der Waals surface area contributed by atoms with Crippen molar-refractivity contribution in [3.05, 3.63) is 45.8 Å². The molecule has 0 aromatic carbocycles. The molecular formula is C15H18Cl2Zr. The number of fused-ring (bicyclic) bond motifs is 1. The Balaban J connectivity index is 0.000000810. The monoisotopic (exact) mass is 358 g/mol. The van der Waals surface area contributed by atoms with E-state index in [0.29, 0.717) is 0 Å². The minimum absolute atomic E-state index is 0. The van der Waals surface area contributed by atoms with E-state index < -0.39 is 0 Å². The van der Waals surface area contributed by atoms with Crippen molar-refractivity contribution < 1.29 is 48.0 Å². The second-order valence-electron chi connectivity index (χ2n) is 5.22. The summed E-state index contributed by atoms with van der Waals surface area (Å²) in [6.07, 6.45) is 19.1. The summed E-state index contributed by atoms with van der Waals surface area (Å²) in [5.74, 6) is 2.70. The van der Waals surface area contributed by atoms with Gasteiger partial charge in [-0.2, -0.15) is 0 Å². The van der Waals surface area contributed by atoms with E-state index in [0.717, 1.165) is 21.4 Å². The molecule has 0 spiro atoms. The maximum atomic E-state index is 2.49. The van der Waals surface area contributed by atoms with Gasteiger partial charge in [0.25, 0.3) is 0 Å². The molecule has 0 aliphatic heterocycles. The van der Waals surface area contributed by atoms with E-state index in [-0.39, 0.29) is 48.0 Å². The molecule has 1 saturated carbocycles. The molecule has 1 fully saturated rings. The fraction of sp³-hybridized carbons (Fsp3) is 0.467. The van der Waals surface area contributed by atoms with Gasteiger partial charge < -0.3 is 24.8 Å². The standard InChI is InChI=1S/C10H13.C5H5.2ClH.Zr/c1-8-6-9-4-2-3-5-10(9)7-8;1-2-4-5-3-1;;;/h2-6,8-10H,7H2,1H3;1-3H,4H2;2*1H;/q;;;;+2/p-2. The van der Waals surface area contributed by atoms with Crippen LogP contribution in [-0.2, 0) is 23.2 Å². The van der Waals surface area contributed by atoms with Gasteiger partial charge in [-0.1, -0.05) is 0 Å². The van der Waals surface area contributed by atoms with Gasteiger partial charge in [-0.25, -0.2) is 0 Å². The van der Waals surface area contributed by atoms with Crippen molar-refractivity contribution in [2.24, 2.45) is 17.8 Å². The molecule has 0 saturated heterocycles. The summed E-state index contributed by atoms with van der Waals surface area (Å²) >= 11 is -0.338. The molecule has 0 heterocycles. The van der Waals surface area contributed by atoms with Crippen LogP contribution in [0.3, 0.4) is 0 Å². The van der Waals surface area contributed by atoms with Crippen molar-refractivity contribution in [3.8, 4) is 0 Å². The van der Waals surface area contributed by atoms with Crippen LogP contribution in [0.1, 0.15) is 19.8 Å². The van der Waals surface area contributed by atoms with E-state index in [1.807, 2.05) is 3.28 Å². The molecule has 3 rings (SSSR count). The Hall–Kier alpha value is 0.423. The van der Waals surface area contributed by atoms with Crippen LogP contribution in [0.25, 0.3) is 0 Å². The van der Waals surface area contributed by atoms with Crippen LogP contribution in [0.15, 0.2) is 45.8 Å². The molecule has 0 N–H and O–H groups in total. The maximum absolute atomic E-state index is 2.49. The molecular weight excluding hydrogens is 342 g/mol. The fourth-order valence-corrected chi connectivity index (χ4v) is 7.75. The zero-order valence-corrected chi connectivity index (χ0v) is 14.5. The Labute approximate surface area is 134 Å². The van der Waals surface area contributed by atoms with Crippen LogP contribution in [0, 0.1) is 17.8 Å². The second-order valence-corrected chi connectivity index (χ2v) is 9.15. The normalized spacial score (nSPS) is 35.3. The zero-order valence-electron chi connectivity index (χ0n) is 10.5. The Morgan fingerprint density at radius 3 is 2.61 bits per heavy atom. The van der Waals surface area contributed by atoms with E-state index in [1.54, 1.807) is 0 Å². The van der Waals surface area contributed by atoms with Crippen LogP contribution in [0.2, 0.25) is 3.63 Å². The number of allylic oxidation sites excluding steroid dienone is 8. The van der Waals surface area contributed by atoms with Crippen LogP contribution >= 0.6 is 0 Å². The Kier molecular flexibility index (Phi) is 6.66. The van der Waals surface area contributed by atoms with Gasteiger partial charge in [0.15, 0.2) is 0 Å². The van der Waals surface area contributed by atoms with Gasteiger partial charge in [0.05, 0.1) is 0 Å². The first-order chi connectivity index (χ1) is 7.84. The van der Waals surface area contributed by atoms with Crippen molar-refractivity contribution in [1.82, 2.24) is 0 Å². The van der Waals surface area contributed by atoms with Crippen LogP contribution in [0.4, 0.5) is 0 Å². The van der Waals surface area contributed by atoms with Gasteiger partial charge >= 0.3 is 110 Å². The van der Waals surface area contributed by atoms with Gasteiger partial charge in [0, 0.05) is 0 Å². The maximum Gasteiger partial charge on any atom is -1.00 e. The van der Waals surface area contributed by atoms with E-state index in [2.05, 4.69) is 49.5 Å². The van der Waals surface area contributed by atoms with Crippen molar-refractivity contribution in [2.75, 3.05) is 0 Å². The number of hydrogen-bond acceptors (Lipinski definition) is 0. The summed E-state index contributed by atoms with van der Waals surface area (Å²) in [5, 5.41) is 0. The number of rotatable bonds is 2. The van der Waals surface area contributed by atoms with Crippen LogP contribution in [0.5, 0.6) is 0 Å². The molecule has 3 aliphatic carbocycles. The third-order valence-electron chi connectivity index (χ3n) is 4.09. The predicted molar refractivity (Wildman–Crippen MR) is 64.6 cm³/mol. The summed E-state index contributed by atoms with van der Waals surface area (Å²) in [6.45, 7) is 2.48. The molecule has 0 radical (unpaired) electrons. The average Bonchev–Trinajstić information content (AvgIpc) is 2.89. The summed E-state index contributed by atoms with van der Waals surface area (Å²) in [6, 6.07) is 0. The first-order valence-corrected chi connectivity index (χ1v) is 8.96. The molecule has 0 bridgehead atoms. The second kappa shape index (κ2) is 7.27. The molecule has 18 heavy (non-hydrogen) atoms. The molecule has 3 aliphatic rings. The molecule has 0 nitrogen and oxygen atoms in total. The Bertz CT molecular complexity index is 395. The van der Waals surface area contributed by atoms with Gasteiger partial charge in [0.1, 0.15) is 0 Å². The van der Waals surface area contributed by atoms with Crippen LogP contribution in [-0.4, -0.2) is 0 Å². The molecule has 4 unspecified atom stereocenters. The van der Waals surface area contributed by atoms with Gasteiger partial charge in [-0.15, -0.1) is 0 Å². The molecule has 4 atom stereocenters. The summed E-state index contributed by atoms with van der Waals surface area (Å²) in [7, 11) is 0. The van der Waals surface area contributed by atoms with Gasteiger partial charge in [0.2, 0.25) is 0 Å². The average molecular weight is 360 g/mol. The Morgan fingerprint density at radius 1 is 1.11 bits per heavy atom. The van der Waals surface area contributed by atoms with Crippen molar-refractivity contribution in [3.63, 3.8) is 0 Å². The molecule has 0 aromatic rings. The van der Waals surface area contributed by atoms with Crippen LogP contribution < -0.4 is 24.8 Å². The van der Waals surface area contributed by atoms with E-state index in [4.69, 9.17) is 0 Å². The molecule has 96 valence electrons. The number of hydrogen-bond donors (Lipinski definition) is 0. The quantitative estimate of drug-likeness (QED) is 0.540. The van der Waals surface area contributed by atoms with Crippen molar-refractivity contribution >= 4 is 0 Å². The Morgan fingerprint density at radius 2 is 1.89 bits per heavy atom. The largest absolute Gasteiger partial charge is 1.00 e. The number of halogens is 2. The molecule has 0 aromatic heterocycles. The van der Waals surface area contributed by atoms with E-state index in [9.17, 15) is 0 Å². The van der Waals surface area contributed by atoms with E-state index >= 15 is 0 Å². The zero-order chi connectivity index (χ0) is 11.0.